The van der Waals surface area contributed by atoms with Gasteiger partial charge in [-0.25, -0.2) is 18.4 Å². The highest BCUT2D eigenvalue weighted by Crippen LogP contribution is 2.36. The predicted octanol–water partition coefficient (Wildman–Crippen LogP) is 3.98. The fourth-order valence-corrected chi connectivity index (χ4v) is 3.61. The molecule has 9 nitrogen and oxygen atoms in total. The summed E-state index contributed by atoms with van der Waals surface area (Å²) in [6, 6.07) is 8.29. The number of nitrogens with zero attached hydrogens (tertiary/aromatic N) is 6. The van der Waals surface area contributed by atoms with Gasteiger partial charge in [0.1, 0.15) is 29.9 Å². The van der Waals surface area contributed by atoms with E-state index < -0.39 is 28.2 Å². The van der Waals surface area contributed by atoms with Gasteiger partial charge in [0.25, 0.3) is 5.69 Å². The molecule has 2 heterocycles. The third-order valence-electron chi connectivity index (χ3n) is 5.55. The van der Waals surface area contributed by atoms with Crippen molar-refractivity contribution in [1.82, 2.24) is 24.5 Å². The maximum atomic E-state index is 14.7. The first kappa shape index (κ1) is 22.9. The smallest absolute Gasteiger partial charge is 0.269 e. The molecule has 0 aliphatic carbocycles. The zero-order valence-corrected chi connectivity index (χ0v) is 18.0. The van der Waals surface area contributed by atoms with E-state index in [1.165, 1.54) is 40.2 Å². The van der Waals surface area contributed by atoms with Crippen LogP contribution in [0.2, 0.25) is 0 Å². The normalized spacial score (nSPS) is 14.2. The van der Waals surface area contributed by atoms with E-state index in [4.69, 9.17) is 0 Å². The number of rotatable bonds is 8. The molecule has 2 unspecified atom stereocenters. The van der Waals surface area contributed by atoms with E-state index in [1.54, 1.807) is 43.6 Å². The van der Waals surface area contributed by atoms with Crippen LogP contribution >= 0.6 is 0 Å². The fourth-order valence-electron chi connectivity index (χ4n) is 3.61. The lowest BCUT2D eigenvalue weighted by Crippen LogP contribution is -2.40. The van der Waals surface area contributed by atoms with E-state index in [1.807, 2.05) is 0 Å². The first-order valence-corrected chi connectivity index (χ1v) is 10.2. The van der Waals surface area contributed by atoms with Crippen molar-refractivity contribution in [3.05, 3.63) is 106 Å². The van der Waals surface area contributed by atoms with E-state index in [0.29, 0.717) is 5.56 Å². The molecule has 2 aromatic carbocycles. The molecule has 0 aliphatic rings. The largest absolute Gasteiger partial charge is 0.381 e. The summed E-state index contributed by atoms with van der Waals surface area (Å²) >= 11 is 0. The third kappa shape index (κ3) is 4.74. The van der Waals surface area contributed by atoms with Crippen LogP contribution in [0.5, 0.6) is 0 Å². The van der Waals surface area contributed by atoms with Gasteiger partial charge in [0.2, 0.25) is 0 Å². The Hall–Kier alpha value is -4.25. The number of hydrogen-bond acceptors (Lipinski definition) is 6. The van der Waals surface area contributed by atoms with Crippen LogP contribution in [0, 0.1) is 21.7 Å². The van der Waals surface area contributed by atoms with Gasteiger partial charge in [0, 0.05) is 35.5 Å². The minimum Gasteiger partial charge on any atom is -0.381 e. The Balaban J connectivity index is 1.62. The molecule has 0 saturated heterocycles. The van der Waals surface area contributed by atoms with Gasteiger partial charge < -0.3 is 5.11 Å². The molecule has 0 radical (unpaired) electrons. The fraction of sp³-hybridized carbons (Fsp3) is 0.174. The van der Waals surface area contributed by atoms with Crippen molar-refractivity contribution in [1.29, 1.82) is 0 Å². The van der Waals surface area contributed by atoms with Gasteiger partial charge >= 0.3 is 0 Å². The SMILES string of the molecule is CC(n1cc(C=Cc2ccc([N+](=O)[O-])cc2)cn1)C(O)(Cn1cncn1)c1ccc(F)cc1F. The van der Waals surface area contributed by atoms with E-state index in [0.717, 1.165) is 17.7 Å². The lowest BCUT2D eigenvalue weighted by atomic mass is 9.86. The van der Waals surface area contributed by atoms with Gasteiger partial charge in [-0.05, 0) is 30.7 Å². The van der Waals surface area contributed by atoms with E-state index in [-0.39, 0.29) is 17.8 Å². The second-order valence-corrected chi connectivity index (χ2v) is 7.75. The molecule has 34 heavy (non-hydrogen) atoms. The Labute approximate surface area is 192 Å². The second kappa shape index (κ2) is 9.32. The topological polar surface area (TPSA) is 112 Å². The molecule has 0 fully saturated rings. The van der Waals surface area contributed by atoms with Crippen molar-refractivity contribution < 1.29 is 18.8 Å². The maximum absolute atomic E-state index is 14.7. The number of aliphatic hydroxyl groups is 1. The van der Waals surface area contributed by atoms with Crippen LogP contribution in [-0.2, 0) is 12.1 Å². The van der Waals surface area contributed by atoms with Crippen molar-refractivity contribution in [3.63, 3.8) is 0 Å². The van der Waals surface area contributed by atoms with Gasteiger partial charge in [-0.2, -0.15) is 10.2 Å². The Bertz CT molecular complexity index is 1320. The number of aromatic nitrogens is 5. The van der Waals surface area contributed by atoms with Crippen LogP contribution in [-0.4, -0.2) is 34.6 Å². The minimum atomic E-state index is -1.84. The van der Waals surface area contributed by atoms with E-state index in [9.17, 15) is 24.0 Å². The van der Waals surface area contributed by atoms with Crippen molar-refractivity contribution >= 4 is 17.8 Å². The second-order valence-electron chi connectivity index (χ2n) is 7.75. The quantitative estimate of drug-likeness (QED) is 0.311. The number of halogens is 2. The summed E-state index contributed by atoms with van der Waals surface area (Å²) in [4.78, 5) is 14.2. The van der Waals surface area contributed by atoms with Crippen molar-refractivity contribution in [2.24, 2.45) is 0 Å². The van der Waals surface area contributed by atoms with Crippen LogP contribution in [0.3, 0.4) is 0 Å². The van der Waals surface area contributed by atoms with Crippen LogP contribution in [0.1, 0.15) is 29.7 Å². The molecule has 174 valence electrons. The Morgan fingerprint density at radius 3 is 2.53 bits per heavy atom. The van der Waals surface area contributed by atoms with Gasteiger partial charge in [-0.15, -0.1) is 0 Å². The zero-order valence-electron chi connectivity index (χ0n) is 18.0. The first-order valence-electron chi connectivity index (χ1n) is 10.2. The molecule has 0 aliphatic heterocycles. The van der Waals surface area contributed by atoms with Crippen LogP contribution in [0.4, 0.5) is 14.5 Å². The lowest BCUT2D eigenvalue weighted by molar-refractivity contribution is -0.384. The molecule has 2 atom stereocenters. The Kier molecular flexibility index (Phi) is 6.28. The van der Waals surface area contributed by atoms with Crippen molar-refractivity contribution in [2.75, 3.05) is 0 Å². The average Bonchev–Trinajstić information content (AvgIpc) is 3.49. The molecule has 4 aromatic rings. The summed E-state index contributed by atoms with van der Waals surface area (Å²) in [5.74, 6) is -1.64. The Morgan fingerprint density at radius 1 is 1.15 bits per heavy atom. The first-order chi connectivity index (χ1) is 16.3. The summed E-state index contributed by atoms with van der Waals surface area (Å²) in [7, 11) is 0. The van der Waals surface area contributed by atoms with Gasteiger partial charge in [0.05, 0.1) is 23.7 Å². The maximum Gasteiger partial charge on any atom is 0.269 e. The molecule has 1 N–H and O–H groups in total. The van der Waals surface area contributed by atoms with Gasteiger partial charge in [-0.3, -0.25) is 14.8 Å². The molecule has 11 heteroatoms. The molecule has 4 rings (SSSR count). The molecular formula is C23H20F2N6O3. The molecular weight excluding hydrogens is 446 g/mol. The summed E-state index contributed by atoms with van der Waals surface area (Å²) in [6.07, 6.45) is 9.43. The zero-order chi connectivity index (χ0) is 24.3. The molecule has 0 bridgehead atoms. The summed E-state index contributed by atoms with van der Waals surface area (Å²) < 4.78 is 31.1. The molecule has 0 amide bonds. The number of non-ortho nitro benzene ring substituents is 1. The monoisotopic (exact) mass is 466 g/mol. The summed E-state index contributed by atoms with van der Waals surface area (Å²) in [6.45, 7) is 1.51. The highest BCUT2D eigenvalue weighted by atomic mass is 19.1. The number of nitro benzene ring substituents is 1. The van der Waals surface area contributed by atoms with Crippen LogP contribution in [0.25, 0.3) is 12.2 Å². The number of benzene rings is 2. The predicted molar refractivity (Wildman–Crippen MR) is 119 cm³/mol. The summed E-state index contributed by atoms with van der Waals surface area (Å²) in [5.41, 5.74) is -0.499. The van der Waals surface area contributed by atoms with Crippen LogP contribution in [0.15, 0.2) is 67.5 Å². The Morgan fingerprint density at radius 2 is 1.88 bits per heavy atom. The number of nitro groups is 1. The minimum absolute atomic E-state index is 0.00140. The van der Waals surface area contributed by atoms with E-state index in [2.05, 4.69) is 15.2 Å². The molecule has 0 saturated carbocycles. The molecule has 2 aromatic heterocycles. The number of hydrogen-bond donors (Lipinski definition) is 1. The highest BCUT2D eigenvalue weighted by molar-refractivity contribution is 5.69. The summed E-state index contributed by atoms with van der Waals surface area (Å²) in [5, 5.41) is 30.7. The van der Waals surface area contributed by atoms with Gasteiger partial charge in [-0.1, -0.05) is 18.2 Å². The lowest BCUT2D eigenvalue weighted by Gasteiger charge is -2.34. The highest BCUT2D eigenvalue weighted by Gasteiger charge is 2.40. The third-order valence-corrected chi connectivity index (χ3v) is 5.55. The standard InChI is InChI=1S/C23H20F2N6O3/c1-16(23(32,13-29-15-26-14-28-29)21-9-6-19(24)10-22(21)25)30-12-18(11-27-30)3-2-17-4-7-20(8-5-17)31(33)34/h2-12,14-16,32H,13H2,1H3. The van der Waals surface area contributed by atoms with Crippen molar-refractivity contribution in [2.45, 2.75) is 25.1 Å². The van der Waals surface area contributed by atoms with Crippen molar-refractivity contribution in [3.8, 4) is 0 Å². The molecule has 0 spiro atoms. The van der Waals surface area contributed by atoms with Gasteiger partial charge in [0.15, 0.2) is 0 Å². The van der Waals surface area contributed by atoms with E-state index >= 15 is 0 Å². The van der Waals surface area contributed by atoms with Crippen LogP contribution < -0.4 is 0 Å². The average molecular weight is 466 g/mol.